The number of esters is 1. The van der Waals surface area contributed by atoms with Crippen LogP contribution >= 0.6 is 0 Å². The van der Waals surface area contributed by atoms with E-state index >= 15 is 0 Å². The molecule has 0 aromatic heterocycles. The minimum absolute atomic E-state index is 0.152. The van der Waals surface area contributed by atoms with Gasteiger partial charge in [-0.15, -0.1) is 0 Å². The maximum Gasteiger partial charge on any atom is 0.313 e. The maximum absolute atomic E-state index is 11.5. The first-order valence-electron chi connectivity index (χ1n) is 4.79. The summed E-state index contributed by atoms with van der Waals surface area (Å²) in [5.74, 6) is -0.0581. The lowest BCUT2D eigenvalue weighted by molar-refractivity contribution is -0.143. The molecule has 0 aliphatic heterocycles. The number of hydrogen-bond donors (Lipinski definition) is 0. The zero-order valence-corrected chi connectivity index (χ0v) is 8.86. The normalized spacial score (nSPS) is 12.6. The summed E-state index contributed by atoms with van der Waals surface area (Å²) in [6, 6.07) is 9.74. The molecule has 1 rings (SSSR count). The molecule has 0 unspecified atom stereocenters. The minimum atomic E-state index is -0.161. The Kier molecular flexibility index (Phi) is 3.69. The summed E-state index contributed by atoms with van der Waals surface area (Å²) in [5.41, 5.74) is 1.02. The molecule has 0 aliphatic carbocycles. The first-order valence-corrected chi connectivity index (χ1v) is 4.79. The molecule has 0 amide bonds. The molecule has 1 aromatic carbocycles. The molecule has 2 nitrogen and oxygen atoms in total. The Hall–Kier alpha value is -1.31. The quantitative estimate of drug-likeness (QED) is 0.688. The first-order chi connectivity index (χ1) is 6.66. The molecule has 0 saturated heterocycles. The minimum Gasteiger partial charge on any atom is -0.469 e. The smallest absolute Gasteiger partial charge is 0.313 e. The average molecular weight is 192 g/mol. The summed E-state index contributed by atoms with van der Waals surface area (Å²) >= 11 is 0. The second-order valence-corrected chi connectivity index (χ2v) is 3.66. The van der Waals surface area contributed by atoms with Crippen molar-refractivity contribution >= 4 is 5.97 Å². The second kappa shape index (κ2) is 4.80. The number of ether oxygens (including phenoxy) is 1. The standard InChI is InChI=1S/C12H16O2/c1-9(2)11(12(13)14-3)10-7-5-4-6-8-10/h4-9,11H,1-3H3/t11-/m0/s1. The van der Waals surface area contributed by atoms with Gasteiger partial charge in [-0.3, -0.25) is 4.79 Å². The van der Waals surface area contributed by atoms with Gasteiger partial charge in [0.05, 0.1) is 13.0 Å². The van der Waals surface area contributed by atoms with E-state index in [0.717, 1.165) is 5.56 Å². The lowest BCUT2D eigenvalue weighted by Gasteiger charge is -2.18. The highest BCUT2D eigenvalue weighted by Gasteiger charge is 2.24. The van der Waals surface area contributed by atoms with Crippen LogP contribution in [0.2, 0.25) is 0 Å². The molecule has 0 fully saturated rings. The summed E-state index contributed by atoms with van der Waals surface area (Å²) in [7, 11) is 1.43. The average Bonchev–Trinajstić information content (AvgIpc) is 2.19. The fraction of sp³-hybridized carbons (Fsp3) is 0.417. The van der Waals surface area contributed by atoms with Crippen LogP contribution in [0.5, 0.6) is 0 Å². The molecular formula is C12H16O2. The summed E-state index contributed by atoms with van der Waals surface area (Å²) in [5, 5.41) is 0. The largest absolute Gasteiger partial charge is 0.469 e. The van der Waals surface area contributed by atoms with E-state index in [0.29, 0.717) is 0 Å². The van der Waals surface area contributed by atoms with E-state index in [4.69, 9.17) is 4.74 Å². The van der Waals surface area contributed by atoms with Crippen molar-refractivity contribution in [3.8, 4) is 0 Å². The molecule has 0 radical (unpaired) electrons. The maximum atomic E-state index is 11.5. The highest BCUT2D eigenvalue weighted by Crippen LogP contribution is 2.25. The number of carbonyl (C=O) groups excluding carboxylic acids is 1. The highest BCUT2D eigenvalue weighted by atomic mass is 16.5. The number of rotatable bonds is 3. The molecule has 0 N–H and O–H groups in total. The number of methoxy groups -OCH3 is 1. The first kappa shape index (κ1) is 10.8. The Bertz CT molecular complexity index is 290. The van der Waals surface area contributed by atoms with Gasteiger partial charge in [-0.2, -0.15) is 0 Å². The molecule has 0 saturated carbocycles. The van der Waals surface area contributed by atoms with Crippen molar-refractivity contribution in [1.82, 2.24) is 0 Å². The van der Waals surface area contributed by atoms with Crippen LogP contribution in [0.15, 0.2) is 30.3 Å². The van der Waals surface area contributed by atoms with Gasteiger partial charge < -0.3 is 4.74 Å². The molecule has 2 heteroatoms. The summed E-state index contributed by atoms with van der Waals surface area (Å²) in [4.78, 5) is 11.5. The van der Waals surface area contributed by atoms with E-state index in [2.05, 4.69) is 0 Å². The third-order valence-corrected chi connectivity index (χ3v) is 2.28. The van der Waals surface area contributed by atoms with E-state index in [-0.39, 0.29) is 17.8 Å². The van der Waals surface area contributed by atoms with Gasteiger partial charge in [0, 0.05) is 0 Å². The Morgan fingerprint density at radius 3 is 2.21 bits per heavy atom. The van der Waals surface area contributed by atoms with Gasteiger partial charge in [-0.1, -0.05) is 44.2 Å². The van der Waals surface area contributed by atoms with Crippen molar-refractivity contribution in [2.24, 2.45) is 5.92 Å². The molecule has 0 aliphatic rings. The van der Waals surface area contributed by atoms with Crippen molar-refractivity contribution in [3.63, 3.8) is 0 Å². The van der Waals surface area contributed by atoms with Crippen molar-refractivity contribution in [2.45, 2.75) is 19.8 Å². The molecule has 0 spiro atoms. The predicted octanol–water partition coefficient (Wildman–Crippen LogP) is 2.60. The van der Waals surface area contributed by atoms with Crippen molar-refractivity contribution in [3.05, 3.63) is 35.9 Å². The lowest BCUT2D eigenvalue weighted by atomic mass is 9.89. The summed E-state index contributed by atoms with van der Waals surface area (Å²) < 4.78 is 4.79. The molecule has 14 heavy (non-hydrogen) atoms. The third-order valence-electron chi connectivity index (χ3n) is 2.28. The van der Waals surface area contributed by atoms with E-state index in [1.165, 1.54) is 7.11 Å². The SMILES string of the molecule is COC(=O)[C@H](c1ccccc1)C(C)C. The lowest BCUT2D eigenvalue weighted by Crippen LogP contribution is -2.19. The van der Waals surface area contributed by atoms with Crippen LogP contribution in [0, 0.1) is 5.92 Å². The topological polar surface area (TPSA) is 26.3 Å². The zero-order chi connectivity index (χ0) is 10.6. The number of benzene rings is 1. The van der Waals surface area contributed by atoms with E-state index in [1.54, 1.807) is 0 Å². The highest BCUT2D eigenvalue weighted by molar-refractivity contribution is 5.78. The van der Waals surface area contributed by atoms with Crippen LogP contribution in [0.25, 0.3) is 0 Å². The van der Waals surface area contributed by atoms with Crippen LogP contribution in [0.3, 0.4) is 0 Å². The predicted molar refractivity (Wildman–Crippen MR) is 56.0 cm³/mol. The fourth-order valence-corrected chi connectivity index (χ4v) is 1.58. The van der Waals surface area contributed by atoms with Crippen molar-refractivity contribution < 1.29 is 9.53 Å². The second-order valence-electron chi connectivity index (χ2n) is 3.66. The van der Waals surface area contributed by atoms with Gasteiger partial charge in [-0.05, 0) is 11.5 Å². The van der Waals surface area contributed by atoms with Gasteiger partial charge in [0.15, 0.2) is 0 Å². The van der Waals surface area contributed by atoms with E-state index in [9.17, 15) is 4.79 Å². The van der Waals surface area contributed by atoms with Gasteiger partial charge in [0.1, 0.15) is 0 Å². The Morgan fingerprint density at radius 2 is 1.79 bits per heavy atom. The summed E-state index contributed by atoms with van der Waals surface area (Å²) in [6.07, 6.45) is 0. The summed E-state index contributed by atoms with van der Waals surface area (Å²) in [6.45, 7) is 4.04. The molecule has 0 heterocycles. The van der Waals surface area contributed by atoms with Crippen LogP contribution in [0.1, 0.15) is 25.3 Å². The van der Waals surface area contributed by atoms with Gasteiger partial charge in [0.2, 0.25) is 0 Å². The Balaban J connectivity index is 2.95. The molecule has 76 valence electrons. The van der Waals surface area contributed by atoms with Crippen LogP contribution in [-0.2, 0) is 9.53 Å². The third kappa shape index (κ3) is 2.34. The van der Waals surface area contributed by atoms with Gasteiger partial charge in [0.25, 0.3) is 0 Å². The molecule has 1 atom stereocenters. The van der Waals surface area contributed by atoms with E-state index < -0.39 is 0 Å². The van der Waals surface area contributed by atoms with Gasteiger partial charge in [-0.25, -0.2) is 0 Å². The van der Waals surface area contributed by atoms with Gasteiger partial charge >= 0.3 is 5.97 Å². The molecule has 1 aromatic rings. The molecular weight excluding hydrogens is 176 g/mol. The zero-order valence-electron chi connectivity index (χ0n) is 8.86. The Labute approximate surface area is 84.9 Å². The number of hydrogen-bond acceptors (Lipinski definition) is 2. The van der Waals surface area contributed by atoms with Crippen LogP contribution in [-0.4, -0.2) is 13.1 Å². The molecule has 0 bridgehead atoms. The number of carbonyl (C=O) groups is 1. The van der Waals surface area contributed by atoms with Crippen LogP contribution in [0.4, 0.5) is 0 Å². The Morgan fingerprint density at radius 1 is 1.21 bits per heavy atom. The van der Waals surface area contributed by atoms with E-state index in [1.807, 2.05) is 44.2 Å². The van der Waals surface area contributed by atoms with Crippen LogP contribution < -0.4 is 0 Å². The van der Waals surface area contributed by atoms with Crippen molar-refractivity contribution in [1.29, 1.82) is 0 Å². The van der Waals surface area contributed by atoms with Crippen molar-refractivity contribution in [2.75, 3.05) is 7.11 Å². The fourth-order valence-electron chi connectivity index (χ4n) is 1.58. The monoisotopic (exact) mass is 192 g/mol.